The summed E-state index contributed by atoms with van der Waals surface area (Å²) in [6, 6.07) is 7.77. The first-order chi connectivity index (χ1) is 10.1. The number of carboxylic acid groups (broad SMARTS) is 1. The first-order valence-electron chi connectivity index (χ1n) is 7.49. The quantitative estimate of drug-likeness (QED) is 0.894. The number of carboxylic acids is 1. The van der Waals surface area contributed by atoms with Crippen molar-refractivity contribution in [3.8, 4) is 0 Å². The summed E-state index contributed by atoms with van der Waals surface area (Å²) in [7, 11) is 0. The highest BCUT2D eigenvalue weighted by molar-refractivity contribution is 5.95. The van der Waals surface area contributed by atoms with E-state index in [0.717, 1.165) is 24.1 Å². The molecule has 3 unspecified atom stereocenters. The molecule has 0 spiro atoms. The standard InChI is InChI=1S/C16H20N2O3/c1-2-10-7-13(10)17-16(21)18-9-11(8-15(19)20)12-5-3-4-6-14(12)18/h3-6,10-11,13H,2,7-9H2,1H3,(H,17,21)(H,19,20). The number of hydrogen-bond donors (Lipinski definition) is 2. The molecule has 1 saturated carbocycles. The SMILES string of the molecule is CCC1CC1NC(=O)N1CC(CC(=O)O)c2ccccc21. The van der Waals surface area contributed by atoms with Crippen molar-refractivity contribution in [2.75, 3.05) is 11.4 Å². The minimum absolute atomic E-state index is 0.0573. The van der Waals surface area contributed by atoms with Gasteiger partial charge in [-0.05, 0) is 24.0 Å². The van der Waals surface area contributed by atoms with E-state index >= 15 is 0 Å². The molecule has 2 aliphatic rings. The fraction of sp³-hybridized carbons (Fsp3) is 0.500. The number of fused-ring (bicyclic) bond motifs is 1. The minimum atomic E-state index is -0.828. The van der Waals surface area contributed by atoms with Gasteiger partial charge in [-0.2, -0.15) is 0 Å². The summed E-state index contributed by atoms with van der Waals surface area (Å²) in [5, 5.41) is 12.1. The van der Waals surface area contributed by atoms with E-state index in [-0.39, 0.29) is 24.4 Å². The number of anilines is 1. The molecular weight excluding hydrogens is 268 g/mol. The summed E-state index contributed by atoms with van der Waals surface area (Å²) in [5.74, 6) is -0.350. The van der Waals surface area contributed by atoms with Crippen molar-refractivity contribution in [2.24, 2.45) is 5.92 Å². The van der Waals surface area contributed by atoms with Crippen molar-refractivity contribution in [2.45, 2.75) is 38.1 Å². The van der Waals surface area contributed by atoms with E-state index in [4.69, 9.17) is 5.11 Å². The number of carbonyl (C=O) groups is 2. The van der Waals surface area contributed by atoms with Gasteiger partial charge in [0, 0.05) is 24.2 Å². The summed E-state index contributed by atoms with van der Waals surface area (Å²) in [4.78, 5) is 25.1. The first-order valence-corrected chi connectivity index (χ1v) is 7.49. The summed E-state index contributed by atoms with van der Waals surface area (Å²) in [6.45, 7) is 2.58. The Kier molecular flexibility index (Phi) is 3.57. The third-order valence-corrected chi connectivity index (χ3v) is 4.49. The number of nitrogens with zero attached hydrogens (tertiary/aromatic N) is 1. The lowest BCUT2D eigenvalue weighted by Gasteiger charge is -2.18. The molecule has 2 N–H and O–H groups in total. The Morgan fingerprint density at radius 2 is 2.14 bits per heavy atom. The van der Waals surface area contributed by atoms with Crippen LogP contribution in [0.15, 0.2) is 24.3 Å². The van der Waals surface area contributed by atoms with Crippen molar-refractivity contribution in [3.05, 3.63) is 29.8 Å². The van der Waals surface area contributed by atoms with Gasteiger partial charge in [0.05, 0.1) is 6.42 Å². The van der Waals surface area contributed by atoms with Gasteiger partial charge in [0.15, 0.2) is 0 Å². The molecule has 5 nitrogen and oxygen atoms in total. The molecule has 0 radical (unpaired) electrons. The van der Waals surface area contributed by atoms with Crippen LogP contribution in [-0.2, 0) is 4.79 Å². The van der Waals surface area contributed by atoms with Crippen molar-refractivity contribution >= 4 is 17.7 Å². The summed E-state index contributed by atoms with van der Waals surface area (Å²) < 4.78 is 0. The Hall–Kier alpha value is -2.04. The van der Waals surface area contributed by atoms with E-state index in [1.54, 1.807) is 4.90 Å². The summed E-state index contributed by atoms with van der Waals surface area (Å²) in [5.41, 5.74) is 1.80. The van der Waals surface area contributed by atoms with Crippen LogP contribution in [0.2, 0.25) is 0 Å². The first kappa shape index (κ1) is 13.9. The third-order valence-electron chi connectivity index (χ3n) is 4.49. The smallest absolute Gasteiger partial charge is 0.322 e. The molecule has 1 heterocycles. The predicted molar refractivity (Wildman–Crippen MR) is 79.5 cm³/mol. The molecule has 1 aromatic carbocycles. The molecule has 1 aliphatic carbocycles. The zero-order valence-corrected chi connectivity index (χ0v) is 12.1. The van der Waals surface area contributed by atoms with Gasteiger partial charge in [0.25, 0.3) is 0 Å². The molecule has 3 rings (SSSR count). The summed E-state index contributed by atoms with van der Waals surface area (Å²) in [6.07, 6.45) is 2.20. The highest BCUT2D eigenvalue weighted by Crippen LogP contribution is 2.39. The van der Waals surface area contributed by atoms with Crippen molar-refractivity contribution in [1.82, 2.24) is 5.32 Å². The molecule has 1 aliphatic heterocycles. The number of aliphatic carboxylic acids is 1. The van der Waals surface area contributed by atoms with E-state index in [2.05, 4.69) is 12.2 Å². The van der Waals surface area contributed by atoms with Gasteiger partial charge in [0.1, 0.15) is 0 Å². The maximum Gasteiger partial charge on any atom is 0.322 e. The number of benzene rings is 1. The average molecular weight is 288 g/mol. The van der Waals surface area contributed by atoms with Gasteiger partial charge in [-0.15, -0.1) is 0 Å². The van der Waals surface area contributed by atoms with Crippen LogP contribution in [-0.4, -0.2) is 29.7 Å². The van der Waals surface area contributed by atoms with Crippen LogP contribution in [0.25, 0.3) is 0 Å². The molecule has 0 aromatic heterocycles. The van der Waals surface area contributed by atoms with E-state index in [0.29, 0.717) is 12.5 Å². The van der Waals surface area contributed by atoms with Crippen molar-refractivity contribution in [1.29, 1.82) is 0 Å². The second kappa shape index (κ2) is 5.39. The fourth-order valence-corrected chi connectivity index (χ4v) is 3.19. The second-order valence-electron chi connectivity index (χ2n) is 5.92. The molecule has 5 heteroatoms. The topological polar surface area (TPSA) is 69.6 Å². The highest BCUT2D eigenvalue weighted by atomic mass is 16.4. The molecule has 0 bridgehead atoms. The molecular formula is C16H20N2O3. The molecule has 1 aromatic rings. The average Bonchev–Trinajstić information content (AvgIpc) is 3.11. The minimum Gasteiger partial charge on any atom is -0.481 e. The maximum atomic E-state index is 12.4. The molecule has 3 atom stereocenters. The zero-order valence-electron chi connectivity index (χ0n) is 12.1. The van der Waals surface area contributed by atoms with Crippen LogP contribution < -0.4 is 10.2 Å². The number of nitrogens with one attached hydrogen (secondary N) is 1. The Morgan fingerprint density at radius 3 is 2.81 bits per heavy atom. The molecule has 0 saturated heterocycles. The Labute approximate surface area is 123 Å². The molecule has 1 fully saturated rings. The third kappa shape index (κ3) is 2.73. The van der Waals surface area contributed by atoms with Crippen LogP contribution in [0.4, 0.5) is 10.5 Å². The Balaban J connectivity index is 1.74. The Bertz CT molecular complexity index is 572. The van der Waals surface area contributed by atoms with E-state index in [1.165, 1.54) is 0 Å². The lowest BCUT2D eigenvalue weighted by atomic mass is 9.98. The lowest BCUT2D eigenvalue weighted by molar-refractivity contribution is -0.137. The highest BCUT2D eigenvalue weighted by Gasteiger charge is 2.39. The normalized spacial score (nSPS) is 26.3. The number of rotatable bonds is 4. The van der Waals surface area contributed by atoms with Crippen LogP contribution in [0, 0.1) is 5.92 Å². The van der Waals surface area contributed by atoms with Gasteiger partial charge in [-0.25, -0.2) is 4.79 Å². The number of carbonyl (C=O) groups excluding carboxylic acids is 1. The number of para-hydroxylation sites is 1. The maximum absolute atomic E-state index is 12.4. The molecule has 21 heavy (non-hydrogen) atoms. The number of hydrogen-bond acceptors (Lipinski definition) is 2. The zero-order chi connectivity index (χ0) is 15.0. The monoisotopic (exact) mass is 288 g/mol. The van der Waals surface area contributed by atoms with Gasteiger partial charge >= 0.3 is 12.0 Å². The van der Waals surface area contributed by atoms with Crippen molar-refractivity contribution < 1.29 is 14.7 Å². The van der Waals surface area contributed by atoms with E-state index in [9.17, 15) is 9.59 Å². The predicted octanol–water partition coefficient (Wildman–Crippen LogP) is 2.57. The second-order valence-corrected chi connectivity index (χ2v) is 5.92. The number of urea groups is 1. The van der Waals surface area contributed by atoms with Crippen molar-refractivity contribution in [3.63, 3.8) is 0 Å². The van der Waals surface area contributed by atoms with E-state index < -0.39 is 5.97 Å². The van der Waals surface area contributed by atoms with Crippen LogP contribution in [0.1, 0.15) is 37.7 Å². The molecule has 2 amide bonds. The largest absolute Gasteiger partial charge is 0.481 e. The molecule has 112 valence electrons. The van der Waals surface area contributed by atoms with Gasteiger partial charge < -0.3 is 10.4 Å². The van der Waals surface area contributed by atoms with Crippen LogP contribution in [0.5, 0.6) is 0 Å². The number of amides is 2. The van der Waals surface area contributed by atoms with Gasteiger partial charge in [-0.1, -0.05) is 31.5 Å². The van der Waals surface area contributed by atoms with Crippen LogP contribution in [0.3, 0.4) is 0 Å². The lowest BCUT2D eigenvalue weighted by Crippen LogP contribution is -2.41. The Morgan fingerprint density at radius 1 is 1.38 bits per heavy atom. The van der Waals surface area contributed by atoms with Crippen LogP contribution >= 0.6 is 0 Å². The summed E-state index contributed by atoms with van der Waals surface area (Å²) >= 11 is 0. The van der Waals surface area contributed by atoms with Gasteiger partial charge in [0.2, 0.25) is 0 Å². The van der Waals surface area contributed by atoms with Gasteiger partial charge in [-0.3, -0.25) is 9.69 Å². The van der Waals surface area contributed by atoms with E-state index in [1.807, 2.05) is 24.3 Å². The fourth-order valence-electron chi connectivity index (χ4n) is 3.19.